The zero-order valence-electron chi connectivity index (χ0n) is 9.75. The lowest BCUT2D eigenvalue weighted by molar-refractivity contribution is 0.0644. The fourth-order valence-electron chi connectivity index (χ4n) is 2.49. The van der Waals surface area contributed by atoms with E-state index in [0.717, 1.165) is 26.0 Å². The highest BCUT2D eigenvalue weighted by Gasteiger charge is 2.41. The van der Waals surface area contributed by atoms with E-state index in [9.17, 15) is 0 Å². The van der Waals surface area contributed by atoms with E-state index in [4.69, 9.17) is 4.74 Å². The van der Waals surface area contributed by atoms with Gasteiger partial charge in [0.15, 0.2) is 0 Å². The van der Waals surface area contributed by atoms with Crippen molar-refractivity contribution < 1.29 is 4.74 Å². The lowest BCUT2D eigenvalue weighted by Crippen LogP contribution is -2.39. The Hall–Kier alpha value is 0.1000. The molecule has 0 aliphatic carbocycles. The molecule has 2 atom stereocenters. The monoisotopic (exact) mass is 303 g/mol. The van der Waals surface area contributed by atoms with Gasteiger partial charge >= 0.3 is 0 Å². The molecule has 2 heterocycles. The van der Waals surface area contributed by atoms with Crippen LogP contribution in [0, 0.1) is 5.41 Å². The Bertz CT molecular complexity index is 355. The zero-order chi connectivity index (χ0) is 11.6. The highest BCUT2D eigenvalue weighted by molar-refractivity contribution is 9.10. The Labute approximate surface area is 110 Å². The third kappa shape index (κ3) is 2.50. The molecule has 2 nitrogen and oxygen atoms in total. The summed E-state index contributed by atoms with van der Waals surface area (Å²) < 4.78 is 6.95. The molecule has 1 saturated heterocycles. The predicted octanol–water partition coefficient (Wildman–Crippen LogP) is 3.07. The number of thiophene rings is 1. The molecule has 90 valence electrons. The summed E-state index contributed by atoms with van der Waals surface area (Å²) in [6.45, 7) is 4.13. The van der Waals surface area contributed by atoms with Gasteiger partial charge in [-0.05, 0) is 48.8 Å². The van der Waals surface area contributed by atoms with Gasteiger partial charge in [0.1, 0.15) is 0 Å². The lowest BCUT2D eigenvalue weighted by atomic mass is 9.78. The summed E-state index contributed by atoms with van der Waals surface area (Å²) in [5, 5.41) is 5.48. The van der Waals surface area contributed by atoms with Crippen LogP contribution in [0.4, 0.5) is 0 Å². The molecule has 0 aromatic carbocycles. The van der Waals surface area contributed by atoms with Crippen molar-refractivity contribution in [3.8, 4) is 0 Å². The summed E-state index contributed by atoms with van der Waals surface area (Å²) in [6.07, 6.45) is 2.62. The Morgan fingerprint density at radius 2 is 2.50 bits per heavy atom. The van der Waals surface area contributed by atoms with Crippen LogP contribution in [0.5, 0.6) is 0 Å². The molecule has 1 aromatic rings. The molecule has 1 aliphatic heterocycles. The molecule has 0 amide bonds. The highest BCUT2D eigenvalue weighted by Crippen LogP contribution is 2.39. The Morgan fingerprint density at radius 1 is 1.69 bits per heavy atom. The van der Waals surface area contributed by atoms with Crippen LogP contribution in [0.15, 0.2) is 15.9 Å². The molecule has 1 fully saturated rings. The molecular weight excluding hydrogens is 286 g/mol. The maximum absolute atomic E-state index is 5.75. The fraction of sp³-hybridized carbons (Fsp3) is 0.667. The number of hydrogen-bond donors (Lipinski definition) is 1. The third-order valence-corrected chi connectivity index (χ3v) is 5.20. The van der Waals surface area contributed by atoms with E-state index in [1.165, 1.54) is 9.35 Å². The highest BCUT2D eigenvalue weighted by atomic mass is 79.9. The largest absolute Gasteiger partial charge is 0.378 e. The standard InChI is InChI=1S/C12H18BrNOS/c1-9-12(8-14-2,3-4-15-9)6-11-5-10(13)7-16-11/h5,7,9,14H,3-4,6,8H2,1-2H3. The van der Waals surface area contributed by atoms with Crippen LogP contribution in [0.3, 0.4) is 0 Å². The van der Waals surface area contributed by atoms with Gasteiger partial charge < -0.3 is 10.1 Å². The third-order valence-electron chi connectivity index (χ3n) is 3.51. The Kier molecular flexibility index (Phi) is 4.06. The summed E-state index contributed by atoms with van der Waals surface area (Å²) in [5.74, 6) is 0. The van der Waals surface area contributed by atoms with Crippen LogP contribution in [-0.2, 0) is 11.2 Å². The molecule has 16 heavy (non-hydrogen) atoms. The summed E-state index contributed by atoms with van der Waals surface area (Å²) >= 11 is 5.35. The summed E-state index contributed by atoms with van der Waals surface area (Å²) in [7, 11) is 2.02. The van der Waals surface area contributed by atoms with Crippen molar-refractivity contribution in [3.63, 3.8) is 0 Å². The number of hydrogen-bond acceptors (Lipinski definition) is 3. The Balaban J connectivity index is 2.14. The van der Waals surface area contributed by atoms with Crippen LogP contribution >= 0.6 is 27.3 Å². The van der Waals surface area contributed by atoms with Gasteiger partial charge in [0, 0.05) is 33.3 Å². The van der Waals surface area contributed by atoms with Gasteiger partial charge in [-0.3, -0.25) is 0 Å². The minimum atomic E-state index is 0.277. The quantitative estimate of drug-likeness (QED) is 0.923. The number of ether oxygens (including phenoxy) is 1. The zero-order valence-corrected chi connectivity index (χ0v) is 12.2. The van der Waals surface area contributed by atoms with Gasteiger partial charge in [-0.25, -0.2) is 0 Å². The first kappa shape index (κ1) is 12.6. The average molecular weight is 304 g/mol. The normalized spacial score (nSPS) is 29.8. The molecule has 1 N–H and O–H groups in total. The van der Waals surface area contributed by atoms with E-state index in [2.05, 4.69) is 39.6 Å². The van der Waals surface area contributed by atoms with Gasteiger partial charge in [-0.15, -0.1) is 11.3 Å². The van der Waals surface area contributed by atoms with Crippen LogP contribution in [-0.4, -0.2) is 26.3 Å². The van der Waals surface area contributed by atoms with Crippen molar-refractivity contribution in [3.05, 3.63) is 20.8 Å². The van der Waals surface area contributed by atoms with E-state index in [0.29, 0.717) is 6.10 Å². The van der Waals surface area contributed by atoms with Crippen LogP contribution in [0.1, 0.15) is 18.2 Å². The smallest absolute Gasteiger partial charge is 0.0619 e. The Morgan fingerprint density at radius 3 is 3.00 bits per heavy atom. The first-order valence-corrected chi connectivity index (χ1v) is 7.33. The molecule has 0 saturated carbocycles. The summed E-state index contributed by atoms with van der Waals surface area (Å²) in [5.41, 5.74) is 0.277. The van der Waals surface area contributed by atoms with Crippen molar-refractivity contribution in [2.75, 3.05) is 20.2 Å². The lowest BCUT2D eigenvalue weighted by Gasteiger charge is -2.31. The van der Waals surface area contributed by atoms with Crippen molar-refractivity contribution in [2.24, 2.45) is 5.41 Å². The van der Waals surface area contributed by atoms with Crippen molar-refractivity contribution in [1.82, 2.24) is 5.32 Å². The van der Waals surface area contributed by atoms with Crippen LogP contribution in [0.2, 0.25) is 0 Å². The number of halogens is 1. The van der Waals surface area contributed by atoms with Crippen LogP contribution in [0.25, 0.3) is 0 Å². The van der Waals surface area contributed by atoms with Gasteiger partial charge in [0.05, 0.1) is 6.10 Å². The molecule has 2 rings (SSSR count). The average Bonchev–Trinajstić information content (AvgIpc) is 2.77. The number of nitrogens with one attached hydrogen (secondary N) is 1. The topological polar surface area (TPSA) is 21.3 Å². The van der Waals surface area contributed by atoms with Gasteiger partial charge in [0.2, 0.25) is 0 Å². The first-order chi connectivity index (χ1) is 7.66. The fourth-order valence-corrected chi connectivity index (χ4v) is 4.10. The summed E-state index contributed by atoms with van der Waals surface area (Å²) in [6, 6.07) is 2.23. The molecular formula is C12H18BrNOS. The van der Waals surface area contributed by atoms with Crippen molar-refractivity contribution in [2.45, 2.75) is 25.9 Å². The van der Waals surface area contributed by atoms with E-state index in [1.807, 2.05) is 18.4 Å². The molecule has 2 unspecified atom stereocenters. The maximum atomic E-state index is 5.75. The van der Waals surface area contributed by atoms with Gasteiger partial charge in [-0.2, -0.15) is 0 Å². The second kappa shape index (κ2) is 5.17. The van der Waals surface area contributed by atoms with E-state index in [-0.39, 0.29) is 5.41 Å². The molecule has 0 radical (unpaired) electrons. The van der Waals surface area contributed by atoms with E-state index >= 15 is 0 Å². The molecule has 1 aromatic heterocycles. The van der Waals surface area contributed by atoms with Gasteiger partial charge in [0.25, 0.3) is 0 Å². The van der Waals surface area contributed by atoms with Crippen molar-refractivity contribution in [1.29, 1.82) is 0 Å². The van der Waals surface area contributed by atoms with E-state index < -0.39 is 0 Å². The minimum Gasteiger partial charge on any atom is -0.378 e. The molecule has 1 aliphatic rings. The molecule has 0 bridgehead atoms. The molecule has 0 spiro atoms. The number of rotatable bonds is 4. The van der Waals surface area contributed by atoms with Crippen LogP contribution < -0.4 is 5.32 Å². The first-order valence-electron chi connectivity index (χ1n) is 5.65. The second-order valence-electron chi connectivity index (χ2n) is 4.56. The van der Waals surface area contributed by atoms with Gasteiger partial charge in [-0.1, -0.05) is 0 Å². The predicted molar refractivity (Wildman–Crippen MR) is 72.1 cm³/mol. The second-order valence-corrected chi connectivity index (χ2v) is 6.48. The SMILES string of the molecule is CNCC1(Cc2cc(Br)cs2)CCOC1C. The maximum Gasteiger partial charge on any atom is 0.0619 e. The molecule has 4 heteroatoms. The summed E-state index contributed by atoms with van der Waals surface area (Å²) in [4.78, 5) is 1.44. The van der Waals surface area contributed by atoms with Crippen molar-refractivity contribution >= 4 is 27.3 Å². The van der Waals surface area contributed by atoms with E-state index in [1.54, 1.807) is 0 Å². The minimum absolute atomic E-state index is 0.277.